The summed E-state index contributed by atoms with van der Waals surface area (Å²) in [5.74, 6) is -0.320. The summed E-state index contributed by atoms with van der Waals surface area (Å²) >= 11 is 0. The molecule has 1 aromatic rings. The zero-order valence-corrected chi connectivity index (χ0v) is 9.51. The molecule has 2 N–H and O–H groups in total. The summed E-state index contributed by atoms with van der Waals surface area (Å²) in [6, 6.07) is 7.02. The molecule has 5 heteroatoms. The normalized spacial score (nSPS) is 17.9. The molecule has 1 aromatic carbocycles. The van der Waals surface area contributed by atoms with Crippen molar-refractivity contribution < 1.29 is 14.7 Å². The molecule has 0 radical (unpaired) electrons. The molecule has 17 heavy (non-hydrogen) atoms. The van der Waals surface area contributed by atoms with Gasteiger partial charge in [0.2, 0.25) is 11.8 Å². The number of nitrogens with one attached hydrogen (secondary N) is 1. The van der Waals surface area contributed by atoms with Gasteiger partial charge in [0, 0.05) is 5.69 Å². The summed E-state index contributed by atoms with van der Waals surface area (Å²) in [7, 11) is 0. The molecule has 1 heterocycles. The number of aliphatic hydroxyl groups is 1. The van der Waals surface area contributed by atoms with Gasteiger partial charge < -0.3 is 15.3 Å². The first-order valence-corrected chi connectivity index (χ1v) is 5.43. The van der Waals surface area contributed by atoms with E-state index in [4.69, 9.17) is 0 Å². The van der Waals surface area contributed by atoms with E-state index in [1.807, 2.05) is 0 Å². The molecule has 1 unspecified atom stereocenters. The third kappa shape index (κ3) is 2.45. The first-order chi connectivity index (χ1) is 8.08. The van der Waals surface area contributed by atoms with Crippen LogP contribution in [0.25, 0.3) is 0 Å². The van der Waals surface area contributed by atoms with Gasteiger partial charge in [-0.2, -0.15) is 0 Å². The Balaban J connectivity index is 2.29. The van der Waals surface area contributed by atoms with Gasteiger partial charge in [-0.25, -0.2) is 0 Å². The highest BCUT2D eigenvalue weighted by atomic mass is 16.3. The molecule has 0 saturated carbocycles. The Labute approximate surface area is 99.0 Å². The zero-order chi connectivity index (χ0) is 12.4. The van der Waals surface area contributed by atoms with E-state index in [2.05, 4.69) is 5.32 Å². The second kappa shape index (κ2) is 4.55. The second-order valence-electron chi connectivity index (χ2n) is 4.03. The topological polar surface area (TPSA) is 69.6 Å². The molecule has 1 fully saturated rings. The van der Waals surface area contributed by atoms with Crippen molar-refractivity contribution in [2.75, 3.05) is 18.0 Å². The Morgan fingerprint density at radius 2 is 2.18 bits per heavy atom. The molecule has 0 aromatic heterocycles. The molecule has 0 spiro atoms. The average Bonchev–Trinajstić information content (AvgIpc) is 2.32. The minimum Gasteiger partial charge on any atom is -0.389 e. The number of hydrogen-bond donors (Lipinski definition) is 2. The average molecular weight is 234 g/mol. The number of carbonyl (C=O) groups excluding carboxylic acids is 2. The zero-order valence-electron chi connectivity index (χ0n) is 9.51. The van der Waals surface area contributed by atoms with Crippen LogP contribution in [0.15, 0.2) is 24.3 Å². The molecule has 1 saturated heterocycles. The molecule has 5 nitrogen and oxygen atoms in total. The van der Waals surface area contributed by atoms with Crippen LogP contribution in [0, 0.1) is 0 Å². The van der Waals surface area contributed by atoms with E-state index >= 15 is 0 Å². The van der Waals surface area contributed by atoms with Crippen LogP contribution in [-0.2, 0) is 9.59 Å². The largest absolute Gasteiger partial charge is 0.389 e. The predicted octanol–water partition coefficient (Wildman–Crippen LogP) is 0.203. The van der Waals surface area contributed by atoms with Crippen LogP contribution < -0.4 is 10.2 Å². The molecule has 1 aliphatic rings. The standard InChI is InChI=1S/C12H14N2O3/c1-8(15)9-3-2-4-10(5-9)14-7-11(16)13-6-12(14)17/h2-5,8,15H,6-7H2,1H3,(H,13,16). The van der Waals surface area contributed by atoms with Gasteiger partial charge in [0.15, 0.2) is 0 Å². The maximum atomic E-state index is 11.7. The molecule has 1 atom stereocenters. The smallest absolute Gasteiger partial charge is 0.246 e. The monoisotopic (exact) mass is 234 g/mol. The van der Waals surface area contributed by atoms with Crippen LogP contribution in [0.1, 0.15) is 18.6 Å². The van der Waals surface area contributed by atoms with E-state index in [0.29, 0.717) is 5.69 Å². The van der Waals surface area contributed by atoms with E-state index in [1.54, 1.807) is 31.2 Å². The fourth-order valence-corrected chi connectivity index (χ4v) is 1.75. The number of amides is 2. The minimum atomic E-state index is -0.594. The van der Waals surface area contributed by atoms with Crippen LogP contribution in [0.3, 0.4) is 0 Å². The van der Waals surface area contributed by atoms with Gasteiger partial charge in [-0.05, 0) is 24.6 Å². The Bertz CT molecular complexity index is 457. The summed E-state index contributed by atoms with van der Waals surface area (Å²) in [4.78, 5) is 24.3. The molecule has 2 amide bonds. The summed E-state index contributed by atoms with van der Waals surface area (Å²) in [6.07, 6.45) is -0.594. The van der Waals surface area contributed by atoms with Crippen molar-refractivity contribution in [1.29, 1.82) is 0 Å². The first kappa shape index (κ1) is 11.6. The van der Waals surface area contributed by atoms with Crippen molar-refractivity contribution in [1.82, 2.24) is 5.32 Å². The van der Waals surface area contributed by atoms with Crippen LogP contribution in [0.2, 0.25) is 0 Å². The second-order valence-corrected chi connectivity index (χ2v) is 4.03. The number of aliphatic hydroxyl groups excluding tert-OH is 1. The van der Waals surface area contributed by atoms with Crippen molar-refractivity contribution in [3.8, 4) is 0 Å². The number of nitrogens with zero attached hydrogens (tertiary/aromatic N) is 1. The van der Waals surface area contributed by atoms with Gasteiger partial charge >= 0.3 is 0 Å². The molecule has 0 bridgehead atoms. The summed E-state index contributed by atoms with van der Waals surface area (Å²) < 4.78 is 0. The summed E-state index contributed by atoms with van der Waals surface area (Å²) in [5, 5.41) is 12.0. The number of benzene rings is 1. The molecule has 2 rings (SSSR count). The summed E-state index contributed by atoms with van der Waals surface area (Å²) in [6.45, 7) is 1.71. The number of hydrogen-bond acceptors (Lipinski definition) is 3. The van der Waals surface area contributed by atoms with Crippen LogP contribution in [0.4, 0.5) is 5.69 Å². The lowest BCUT2D eigenvalue weighted by molar-refractivity contribution is -0.128. The number of rotatable bonds is 2. The molecule has 0 aliphatic carbocycles. The van der Waals surface area contributed by atoms with Crippen molar-refractivity contribution in [2.24, 2.45) is 0 Å². The lowest BCUT2D eigenvalue weighted by Crippen LogP contribution is -2.51. The number of carbonyl (C=O) groups is 2. The third-order valence-corrected chi connectivity index (χ3v) is 2.70. The van der Waals surface area contributed by atoms with Crippen molar-refractivity contribution in [2.45, 2.75) is 13.0 Å². The van der Waals surface area contributed by atoms with Gasteiger partial charge in [0.25, 0.3) is 0 Å². The van der Waals surface area contributed by atoms with Crippen molar-refractivity contribution >= 4 is 17.5 Å². The lowest BCUT2D eigenvalue weighted by Gasteiger charge is -2.27. The Morgan fingerprint density at radius 1 is 1.41 bits per heavy atom. The van der Waals surface area contributed by atoms with Crippen LogP contribution in [-0.4, -0.2) is 30.0 Å². The fourth-order valence-electron chi connectivity index (χ4n) is 1.75. The van der Waals surface area contributed by atoms with Gasteiger partial charge in [-0.1, -0.05) is 12.1 Å². The van der Waals surface area contributed by atoms with Crippen molar-refractivity contribution in [3.63, 3.8) is 0 Å². The lowest BCUT2D eigenvalue weighted by atomic mass is 10.1. The highest BCUT2D eigenvalue weighted by Crippen LogP contribution is 2.21. The first-order valence-electron chi connectivity index (χ1n) is 5.43. The highest BCUT2D eigenvalue weighted by Gasteiger charge is 2.24. The van der Waals surface area contributed by atoms with Crippen LogP contribution >= 0.6 is 0 Å². The van der Waals surface area contributed by atoms with Crippen molar-refractivity contribution in [3.05, 3.63) is 29.8 Å². The van der Waals surface area contributed by atoms with E-state index in [-0.39, 0.29) is 24.9 Å². The van der Waals surface area contributed by atoms with Gasteiger partial charge in [-0.15, -0.1) is 0 Å². The van der Waals surface area contributed by atoms with E-state index in [1.165, 1.54) is 4.90 Å². The molecule has 1 aliphatic heterocycles. The number of piperazine rings is 1. The molecule has 90 valence electrons. The third-order valence-electron chi connectivity index (χ3n) is 2.70. The quantitative estimate of drug-likeness (QED) is 0.768. The summed E-state index contributed by atoms with van der Waals surface area (Å²) in [5.41, 5.74) is 1.37. The van der Waals surface area contributed by atoms with E-state index in [9.17, 15) is 14.7 Å². The highest BCUT2D eigenvalue weighted by molar-refractivity contribution is 6.04. The maximum Gasteiger partial charge on any atom is 0.246 e. The SMILES string of the molecule is CC(O)c1cccc(N2CC(=O)NCC2=O)c1. The maximum absolute atomic E-state index is 11.7. The fraction of sp³-hybridized carbons (Fsp3) is 0.333. The van der Waals surface area contributed by atoms with Gasteiger partial charge in [0.05, 0.1) is 12.6 Å². The predicted molar refractivity (Wildman–Crippen MR) is 62.4 cm³/mol. The van der Waals surface area contributed by atoms with Crippen LogP contribution in [0.5, 0.6) is 0 Å². The Hall–Kier alpha value is -1.88. The Morgan fingerprint density at radius 3 is 2.88 bits per heavy atom. The van der Waals surface area contributed by atoms with E-state index < -0.39 is 6.10 Å². The molecular formula is C12H14N2O3. The Kier molecular flexibility index (Phi) is 3.10. The van der Waals surface area contributed by atoms with E-state index in [0.717, 1.165) is 5.56 Å². The van der Waals surface area contributed by atoms with Gasteiger partial charge in [0.1, 0.15) is 6.54 Å². The van der Waals surface area contributed by atoms with Gasteiger partial charge in [-0.3, -0.25) is 9.59 Å². The number of anilines is 1. The minimum absolute atomic E-state index is 0.0255. The molecular weight excluding hydrogens is 220 g/mol.